The van der Waals surface area contributed by atoms with Crippen LogP contribution in [0.4, 0.5) is 0 Å². The van der Waals surface area contributed by atoms with Crippen LogP contribution in [0.15, 0.2) is 53.0 Å². The average molecular weight is 326 g/mol. The molecular formula is C14H10BrClO2. The minimum Gasteiger partial charge on any atom is -0.485 e. The summed E-state index contributed by atoms with van der Waals surface area (Å²) in [4.78, 5) is 11.9. The molecule has 4 heteroatoms. The molecule has 0 aliphatic carbocycles. The Balaban J connectivity index is 2.00. The zero-order chi connectivity index (χ0) is 13.0. The maximum Gasteiger partial charge on any atom is 0.200 e. The minimum absolute atomic E-state index is 0.00318. The Labute approximate surface area is 119 Å². The van der Waals surface area contributed by atoms with Crippen LogP contribution in [-0.4, -0.2) is 12.4 Å². The van der Waals surface area contributed by atoms with Crippen molar-refractivity contribution in [2.75, 3.05) is 6.61 Å². The van der Waals surface area contributed by atoms with Crippen molar-refractivity contribution in [3.05, 3.63) is 63.6 Å². The molecule has 2 aromatic carbocycles. The summed E-state index contributed by atoms with van der Waals surface area (Å²) in [5.74, 6) is 0.516. The van der Waals surface area contributed by atoms with Crippen molar-refractivity contribution in [1.82, 2.24) is 0 Å². The molecule has 18 heavy (non-hydrogen) atoms. The van der Waals surface area contributed by atoms with E-state index in [0.717, 1.165) is 4.47 Å². The van der Waals surface area contributed by atoms with E-state index < -0.39 is 0 Å². The number of halogens is 2. The topological polar surface area (TPSA) is 26.3 Å². The molecule has 0 heterocycles. The highest BCUT2D eigenvalue weighted by Gasteiger charge is 2.07. The van der Waals surface area contributed by atoms with Gasteiger partial charge in [0.15, 0.2) is 12.4 Å². The molecule has 0 radical (unpaired) electrons. The molecule has 0 bridgehead atoms. The quantitative estimate of drug-likeness (QED) is 0.781. The molecule has 0 spiro atoms. The second-order valence-electron chi connectivity index (χ2n) is 3.68. The summed E-state index contributed by atoms with van der Waals surface area (Å²) in [6.07, 6.45) is 0. The highest BCUT2D eigenvalue weighted by atomic mass is 79.9. The van der Waals surface area contributed by atoms with Gasteiger partial charge in [0, 0.05) is 15.1 Å². The predicted octanol–water partition coefficient (Wildman–Crippen LogP) is 4.36. The van der Waals surface area contributed by atoms with E-state index in [2.05, 4.69) is 15.9 Å². The molecular weight excluding hydrogens is 316 g/mol. The lowest BCUT2D eigenvalue weighted by Crippen LogP contribution is -2.11. The van der Waals surface area contributed by atoms with Gasteiger partial charge in [0.1, 0.15) is 5.75 Å². The number of ether oxygens (including phenoxy) is 1. The first-order valence-corrected chi connectivity index (χ1v) is 6.49. The number of carbonyl (C=O) groups excluding carboxylic acids is 1. The maximum atomic E-state index is 11.9. The molecule has 0 aliphatic rings. The average Bonchev–Trinajstić information content (AvgIpc) is 2.36. The van der Waals surface area contributed by atoms with Crippen molar-refractivity contribution < 1.29 is 9.53 Å². The first kappa shape index (κ1) is 13.1. The number of carbonyl (C=O) groups is 1. The Morgan fingerprint density at radius 3 is 2.67 bits per heavy atom. The first-order chi connectivity index (χ1) is 8.65. The van der Waals surface area contributed by atoms with Gasteiger partial charge in [0.05, 0.1) is 0 Å². The van der Waals surface area contributed by atoms with Crippen molar-refractivity contribution in [3.8, 4) is 5.75 Å². The molecule has 0 fully saturated rings. The fraction of sp³-hybridized carbons (Fsp3) is 0.0714. The van der Waals surface area contributed by atoms with Crippen LogP contribution in [-0.2, 0) is 0 Å². The number of hydrogen-bond acceptors (Lipinski definition) is 2. The van der Waals surface area contributed by atoms with Crippen molar-refractivity contribution in [1.29, 1.82) is 0 Å². The van der Waals surface area contributed by atoms with E-state index in [1.165, 1.54) is 0 Å². The maximum absolute atomic E-state index is 11.9. The molecule has 0 saturated heterocycles. The van der Waals surface area contributed by atoms with Gasteiger partial charge in [-0.3, -0.25) is 4.79 Å². The normalized spacial score (nSPS) is 10.1. The lowest BCUT2D eigenvalue weighted by Gasteiger charge is -2.06. The Hall–Kier alpha value is -1.32. The van der Waals surface area contributed by atoms with Crippen LogP contribution >= 0.6 is 27.5 Å². The Morgan fingerprint density at radius 1 is 1.17 bits per heavy atom. The van der Waals surface area contributed by atoms with Crippen molar-refractivity contribution >= 4 is 33.3 Å². The van der Waals surface area contributed by atoms with Crippen LogP contribution in [0.1, 0.15) is 10.4 Å². The van der Waals surface area contributed by atoms with Crippen LogP contribution in [0.3, 0.4) is 0 Å². The molecule has 0 aromatic heterocycles. The van der Waals surface area contributed by atoms with Gasteiger partial charge < -0.3 is 4.74 Å². The smallest absolute Gasteiger partial charge is 0.200 e. The second kappa shape index (κ2) is 6.03. The number of ketones is 1. The number of benzene rings is 2. The van der Waals surface area contributed by atoms with E-state index in [4.69, 9.17) is 16.3 Å². The third kappa shape index (κ3) is 3.59. The molecule has 0 saturated carbocycles. The van der Waals surface area contributed by atoms with Crippen molar-refractivity contribution in [2.24, 2.45) is 0 Å². The summed E-state index contributed by atoms with van der Waals surface area (Å²) in [5, 5.41) is 0.586. The molecule has 0 atom stereocenters. The van der Waals surface area contributed by atoms with Gasteiger partial charge in [-0.15, -0.1) is 0 Å². The highest BCUT2D eigenvalue weighted by molar-refractivity contribution is 9.10. The number of rotatable bonds is 4. The Bertz CT molecular complexity index is 569. The van der Waals surface area contributed by atoms with Gasteiger partial charge in [-0.05, 0) is 30.3 Å². The van der Waals surface area contributed by atoms with Crippen LogP contribution in [0.25, 0.3) is 0 Å². The summed E-state index contributed by atoms with van der Waals surface area (Å²) in [6.45, 7) is -0.00318. The third-order valence-electron chi connectivity index (χ3n) is 2.31. The fourth-order valence-electron chi connectivity index (χ4n) is 1.45. The lowest BCUT2D eigenvalue weighted by molar-refractivity contribution is 0.0921. The van der Waals surface area contributed by atoms with Gasteiger partial charge in [0.25, 0.3) is 0 Å². The zero-order valence-electron chi connectivity index (χ0n) is 9.40. The SMILES string of the molecule is O=C(COc1cccc(Cl)c1)c1cccc(Br)c1. The third-order valence-corrected chi connectivity index (χ3v) is 3.04. The fourth-order valence-corrected chi connectivity index (χ4v) is 2.03. The molecule has 2 aromatic rings. The summed E-state index contributed by atoms with van der Waals surface area (Å²) < 4.78 is 6.26. The van der Waals surface area contributed by atoms with Crippen LogP contribution in [0.2, 0.25) is 5.02 Å². The van der Waals surface area contributed by atoms with Crippen molar-refractivity contribution in [2.45, 2.75) is 0 Å². The van der Waals surface area contributed by atoms with Gasteiger partial charge >= 0.3 is 0 Å². The molecule has 0 aliphatic heterocycles. The van der Waals surface area contributed by atoms with Crippen LogP contribution in [0, 0.1) is 0 Å². The van der Waals surface area contributed by atoms with Crippen molar-refractivity contribution in [3.63, 3.8) is 0 Å². The molecule has 2 nitrogen and oxygen atoms in total. The van der Waals surface area contributed by atoms with Gasteiger partial charge in [-0.25, -0.2) is 0 Å². The largest absolute Gasteiger partial charge is 0.485 e. The predicted molar refractivity (Wildman–Crippen MR) is 75.4 cm³/mol. The highest BCUT2D eigenvalue weighted by Crippen LogP contribution is 2.18. The Morgan fingerprint density at radius 2 is 1.94 bits per heavy atom. The summed E-state index contributed by atoms with van der Waals surface area (Å²) in [7, 11) is 0. The molecule has 0 amide bonds. The van der Waals surface area contributed by atoms with Gasteiger partial charge in [-0.2, -0.15) is 0 Å². The van der Waals surface area contributed by atoms with E-state index in [1.807, 2.05) is 12.1 Å². The summed E-state index contributed by atoms with van der Waals surface area (Å²) in [6, 6.07) is 14.2. The summed E-state index contributed by atoms with van der Waals surface area (Å²) in [5.41, 5.74) is 0.617. The molecule has 0 unspecified atom stereocenters. The van der Waals surface area contributed by atoms with Crippen LogP contribution in [0.5, 0.6) is 5.75 Å². The Kier molecular flexibility index (Phi) is 4.39. The summed E-state index contributed by atoms with van der Waals surface area (Å²) >= 11 is 9.15. The monoisotopic (exact) mass is 324 g/mol. The minimum atomic E-state index is -0.0729. The molecule has 92 valence electrons. The second-order valence-corrected chi connectivity index (χ2v) is 5.03. The van der Waals surface area contributed by atoms with E-state index in [0.29, 0.717) is 16.3 Å². The van der Waals surface area contributed by atoms with E-state index in [9.17, 15) is 4.79 Å². The van der Waals surface area contributed by atoms with E-state index in [-0.39, 0.29) is 12.4 Å². The lowest BCUT2D eigenvalue weighted by atomic mass is 10.1. The number of hydrogen-bond donors (Lipinski definition) is 0. The molecule has 2 rings (SSSR count). The van der Waals surface area contributed by atoms with Crippen LogP contribution < -0.4 is 4.74 Å². The number of Topliss-reactive ketones (excluding diaryl/α,β-unsaturated/α-hetero) is 1. The van der Waals surface area contributed by atoms with E-state index in [1.54, 1.807) is 36.4 Å². The van der Waals surface area contributed by atoms with Gasteiger partial charge in [0.2, 0.25) is 0 Å². The van der Waals surface area contributed by atoms with E-state index >= 15 is 0 Å². The zero-order valence-corrected chi connectivity index (χ0v) is 11.7. The first-order valence-electron chi connectivity index (χ1n) is 5.32. The molecule has 0 N–H and O–H groups in total. The standard InChI is InChI=1S/C14H10BrClO2/c15-11-4-1-3-10(7-11)14(17)9-18-13-6-2-5-12(16)8-13/h1-8H,9H2. The van der Waals surface area contributed by atoms with Gasteiger partial charge in [-0.1, -0.05) is 45.7 Å².